The first-order chi connectivity index (χ1) is 10.1. The highest BCUT2D eigenvalue weighted by Crippen LogP contribution is 2.26. The number of rotatable bonds is 2. The van der Waals surface area contributed by atoms with Crippen LogP contribution >= 0.6 is 23.2 Å². The van der Waals surface area contributed by atoms with Crippen LogP contribution < -0.4 is 5.32 Å². The van der Waals surface area contributed by atoms with Gasteiger partial charge in [0.05, 0.1) is 16.4 Å². The van der Waals surface area contributed by atoms with Crippen molar-refractivity contribution in [2.75, 3.05) is 5.32 Å². The molecule has 1 amide bonds. The van der Waals surface area contributed by atoms with E-state index in [1.165, 1.54) is 0 Å². The van der Waals surface area contributed by atoms with Gasteiger partial charge >= 0.3 is 0 Å². The minimum Gasteiger partial charge on any atom is -0.320 e. The predicted octanol–water partition coefficient (Wildman–Crippen LogP) is 3.60. The van der Waals surface area contributed by atoms with Crippen LogP contribution in [0.4, 0.5) is 5.69 Å². The van der Waals surface area contributed by atoms with Gasteiger partial charge in [-0.25, -0.2) is 9.50 Å². The van der Waals surface area contributed by atoms with Crippen molar-refractivity contribution in [3.63, 3.8) is 0 Å². The Hall–Kier alpha value is -2.11. The van der Waals surface area contributed by atoms with Gasteiger partial charge in [0.15, 0.2) is 5.65 Å². The van der Waals surface area contributed by atoms with Crippen LogP contribution in [0.15, 0.2) is 36.7 Å². The summed E-state index contributed by atoms with van der Waals surface area (Å²) in [6, 6.07) is 6.62. The fourth-order valence-electron chi connectivity index (χ4n) is 2.04. The second kappa shape index (κ2) is 5.35. The smallest absolute Gasteiger partial charge is 0.261 e. The highest BCUT2D eigenvalue weighted by atomic mass is 35.5. The summed E-state index contributed by atoms with van der Waals surface area (Å²) in [5, 5.41) is 7.88. The lowest BCUT2D eigenvalue weighted by atomic mass is 10.2. The molecule has 106 valence electrons. The maximum absolute atomic E-state index is 12.5. The molecule has 2 aromatic heterocycles. The third-order valence-electron chi connectivity index (χ3n) is 2.98. The van der Waals surface area contributed by atoms with Crippen molar-refractivity contribution in [1.29, 1.82) is 0 Å². The zero-order valence-electron chi connectivity index (χ0n) is 11.0. The summed E-state index contributed by atoms with van der Waals surface area (Å²) in [5.74, 6) is -0.314. The Bertz CT molecular complexity index is 844. The summed E-state index contributed by atoms with van der Waals surface area (Å²) in [6.45, 7) is 1.76. The van der Waals surface area contributed by atoms with E-state index in [1.807, 2.05) is 0 Å². The highest BCUT2D eigenvalue weighted by Gasteiger charge is 2.18. The third-order valence-corrected chi connectivity index (χ3v) is 3.52. The van der Waals surface area contributed by atoms with Crippen LogP contribution in [0.3, 0.4) is 0 Å². The van der Waals surface area contributed by atoms with E-state index in [4.69, 9.17) is 23.2 Å². The van der Waals surface area contributed by atoms with Gasteiger partial charge in [-0.2, -0.15) is 5.10 Å². The Morgan fingerprint density at radius 3 is 2.90 bits per heavy atom. The summed E-state index contributed by atoms with van der Waals surface area (Å²) < 4.78 is 1.56. The summed E-state index contributed by atoms with van der Waals surface area (Å²) in [7, 11) is 0. The van der Waals surface area contributed by atoms with Gasteiger partial charge in [0.25, 0.3) is 5.91 Å². The number of nitrogens with zero attached hydrogens (tertiary/aromatic N) is 3. The molecule has 0 fully saturated rings. The van der Waals surface area contributed by atoms with Gasteiger partial charge in [0.2, 0.25) is 0 Å². The topological polar surface area (TPSA) is 59.3 Å². The van der Waals surface area contributed by atoms with E-state index in [9.17, 15) is 4.79 Å². The molecule has 0 bridgehead atoms. The summed E-state index contributed by atoms with van der Waals surface area (Å²) in [5.41, 5.74) is 2.00. The molecule has 0 unspecified atom stereocenters. The van der Waals surface area contributed by atoms with E-state index in [0.717, 1.165) is 0 Å². The molecule has 0 saturated carbocycles. The maximum Gasteiger partial charge on any atom is 0.261 e. The fraction of sp³-hybridized carbons (Fsp3) is 0.0714. The van der Waals surface area contributed by atoms with E-state index in [0.29, 0.717) is 32.6 Å². The number of halogens is 2. The number of hydrogen-bond donors (Lipinski definition) is 1. The molecule has 0 aliphatic rings. The Morgan fingerprint density at radius 2 is 2.14 bits per heavy atom. The molecule has 0 spiro atoms. The van der Waals surface area contributed by atoms with Gasteiger partial charge in [0.1, 0.15) is 5.56 Å². The van der Waals surface area contributed by atoms with Gasteiger partial charge in [-0.15, -0.1) is 0 Å². The maximum atomic E-state index is 12.5. The molecule has 0 saturated heterocycles. The van der Waals surface area contributed by atoms with Crippen LogP contribution in [0, 0.1) is 6.92 Å². The lowest BCUT2D eigenvalue weighted by molar-refractivity contribution is 0.102. The first-order valence-electron chi connectivity index (χ1n) is 6.12. The zero-order valence-corrected chi connectivity index (χ0v) is 12.5. The number of carbonyl (C=O) groups excluding carboxylic acids is 1. The summed E-state index contributed by atoms with van der Waals surface area (Å²) in [4.78, 5) is 16.6. The first-order valence-corrected chi connectivity index (χ1v) is 6.88. The zero-order chi connectivity index (χ0) is 15.0. The second-order valence-corrected chi connectivity index (χ2v) is 5.27. The normalized spacial score (nSPS) is 10.8. The number of anilines is 1. The lowest BCUT2D eigenvalue weighted by Gasteiger charge is -2.07. The van der Waals surface area contributed by atoms with Crippen LogP contribution in [0.25, 0.3) is 5.65 Å². The van der Waals surface area contributed by atoms with Crippen LogP contribution in [0.2, 0.25) is 10.0 Å². The molecule has 3 aromatic rings. The van der Waals surface area contributed by atoms with E-state index in [-0.39, 0.29) is 5.91 Å². The molecule has 0 atom stereocenters. The molecule has 7 heteroatoms. The monoisotopic (exact) mass is 320 g/mol. The summed E-state index contributed by atoms with van der Waals surface area (Å²) in [6.07, 6.45) is 3.35. The largest absolute Gasteiger partial charge is 0.320 e. The average Bonchev–Trinajstić information content (AvgIpc) is 2.77. The molecular formula is C14H10Cl2N4O. The Labute approximate surface area is 130 Å². The molecular weight excluding hydrogens is 311 g/mol. The van der Waals surface area contributed by atoms with Gasteiger partial charge in [0, 0.05) is 17.4 Å². The quantitative estimate of drug-likeness (QED) is 0.784. The standard InChI is InChI=1S/C14H10Cl2N4O/c1-8-12(13-17-5-2-6-20(13)19-8)14(21)18-11-4-3-9(15)7-10(11)16/h2-7H,1H3,(H,18,21). The van der Waals surface area contributed by atoms with Gasteiger partial charge in [-0.3, -0.25) is 4.79 Å². The van der Waals surface area contributed by atoms with Crippen LogP contribution in [0.1, 0.15) is 16.1 Å². The van der Waals surface area contributed by atoms with Crippen molar-refractivity contribution >= 4 is 40.4 Å². The molecule has 0 radical (unpaired) electrons. The number of benzene rings is 1. The third kappa shape index (κ3) is 2.57. The highest BCUT2D eigenvalue weighted by molar-refractivity contribution is 6.36. The molecule has 0 aliphatic heterocycles. The average molecular weight is 321 g/mol. The van der Waals surface area contributed by atoms with E-state index >= 15 is 0 Å². The van der Waals surface area contributed by atoms with Crippen LogP contribution in [0.5, 0.6) is 0 Å². The van der Waals surface area contributed by atoms with Crippen LogP contribution in [-0.2, 0) is 0 Å². The number of amides is 1. The Morgan fingerprint density at radius 1 is 1.33 bits per heavy atom. The number of aromatic nitrogens is 3. The second-order valence-electron chi connectivity index (χ2n) is 4.43. The Kier molecular flexibility index (Phi) is 3.53. The van der Waals surface area contributed by atoms with Crippen molar-refractivity contribution in [3.8, 4) is 0 Å². The summed E-state index contributed by atoms with van der Waals surface area (Å²) >= 11 is 11.9. The fourth-order valence-corrected chi connectivity index (χ4v) is 2.49. The van der Waals surface area contributed by atoms with Crippen molar-refractivity contribution in [1.82, 2.24) is 14.6 Å². The number of hydrogen-bond acceptors (Lipinski definition) is 3. The number of carbonyl (C=O) groups is 1. The van der Waals surface area contributed by atoms with Crippen LogP contribution in [-0.4, -0.2) is 20.5 Å². The first kappa shape index (κ1) is 13.9. The predicted molar refractivity (Wildman–Crippen MR) is 82.1 cm³/mol. The molecule has 2 heterocycles. The van der Waals surface area contributed by atoms with Crippen molar-refractivity contribution in [3.05, 3.63) is 58.0 Å². The minimum atomic E-state index is -0.314. The van der Waals surface area contributed by atoms with Gasteiger partial charge in [-0.05, 0) is 31.2 Å². The SMILES string of the molecule is Cc1nn2cccnc2c1C(=O)Nc1ccc(Cl)cc1Cl. The number of nitrogens with one attached hydrogen (secondary N) is 1. The van der Waals surface area contributed by atoms with E-state index < -0.39 is 0 Å². The minimum absolute atomic E-state index is 0.314. The van der Waals surface area contributed by atoms with Gasteiger partial charge in [-0.1, -0.05) is 23.2 Å². The molecule has 5 nitrogen and oxygen atoms in total. The molecule has 1 aromatic carbocycles. The molecule has 0 aliphatic carbocycles. The number of fused-ring (bicyclic) bond motifs is 1. The lowest BCUT2D eigenvalue weighted by Crippen LogP contribution is -2.13. The van der Waals surface area contributed by atoms with Crippen molar-refractivity contribution in [2.24, 2.45) is 0 Å². The van der Waals surface area contributed by atoms with Gasteiger partial charge < -0.3 is 5.32 Å². The van der Waals surface area contributed by atoms with E-state index in [1.54, 1.807) is 48.1 Å². The molecule has 1 N–H and O–H groups in total. The Balaban J connectivity index is 1.99. The molecule has 3 rings (SSSR count). The number of aryl methyl sites for hydroxylation is 1. The molecule has 21 heavy (non-hydrogen) atoms. The van der Waals surface area contributed by atoms with E-state index in [2.05, 4.69) is 15.4 Å². The van der Waals surface area contributed by atoms with Crippen molar-refractivity contribution < 1.29 is 4.79 Å². The van der Waals surface area contributed by atoms with Crippen molar-refractivity contribution in [2.45, 2.75) is 6.92 Å².